The van der Waals surface area contributed by atoms with Crippen LogP contribution in [-0.2, 0) is 0 Å². The third-order valence-corrected chi connectivity index (χ3v) is 4.42. The number of nitrogens with one attached hydrogen (secondary N) is 1. The molecule has 1 heterocycles. The van der Waals surface area contributed by atoms with Gasteiger partial charge in [-0.3, -0.25) is 10.1 Å². The van der Waals surface area contributed by atoms with E-state index in [-0.39, 0.29) is 17.8 Å². The van der Waals surface area contributed by atoms with Crippen molar-refractivity contribution < 1.29 is 18.7 Å². The van der Waals surface area contributed by atoms with Gasteiger partial charge in [0.25, 0.3) is 5.91 Å². The Labute approximate surface area is 160 Å². The molecule has 0 aliphatic heterocycles. The van der Waals surface area contributed by atoms with Crippen molar-refractivity contribution in [2.24, 2.45) is 0 Å². The summed E-state index contributed by atoms with van der Waals surface area (Å²) in [7, 11) is 1.41. The number of rotatable bonds is 6. The number of benzene rings is 2. The van der Waals surface area contributed by atoms with Crippen LogP contribution in [0.15, 0.2) is 47.8 Å². The van der Waals surface area contributed by atoms with Crippen molar-refractivity contribution in [3.8, 4) is 22.8 Å². The van der Waals surface area contributed by atoms with Crippen LogP contribution in [0.1, 0.15) is 24.2 Å². The molecule has 3 aromatic rings. The highest BCUT2D eigenvalue weighted by Crippen LogP contribution is 2.28. The predicted octanol–water partition coefficient (Wildman–Crippen LogP) is 5.00. The molecule has 1 N–H and O–H groups in total. The van der Waals surface area contributed by atoms with Crippen LogP contribution in [0.3, 0.4) is 0 Å². The molecule has 2 aromatic carbocycles. The molecule has 0 saturated heterocycles. The minimum absolute atomic E-state index is 0.0706. The molecule has 0 saturated carbocycles. The fraction of sp³-hybridized carbons (Fsp3) is 0.200. The summed E-state index contributed by atoms with van der Waals surface area (Å²) in [4.78, 5) is 16.7. The van der Waals surface area contributed by atoms with Gasteiger partial charge >= 0.3 is 0 Å². The fourth-order valence-corrected chi connectivity index (χ4v) is 3.13. The van der Waals surface area contributed by atoms with Crippen molar-refractivity contribution in [1.29, 1.82) is 0 Å². The van der Waals surface area contributed by atoms with E-state index in [0.29, 0.717) is 27.7 Å². The van der Waals surface area contributed by atoms with Crippen LogP contribution < -0.4 is 14.8 Å². The van der Waals surface area contributed by atoms with Gasteiger partial charge in [-0.25, -0.2) is 9.37 Å². The van der Waals surface area contributed by atoms with E-state index >= 15 is 0 Å². The van der Waals surface area contributed by atoms with Crippen molar-refractivity contribution in [3.63, 3.8) is 0 Å². The third-order valence-electron chi connectivity index (χ3n) is 3.66. The SMILES string of the molecule is COc1ccc(-c2csc(NC(=O)c3ccc(OC(C)C)cc3)n2)cc1F. The lowest BCUT2D eigenvalue weighted by Crippen LogP contribution is -2.12. The van der Waals surface area contributed by atoms with Crippen molar-refractivity contribution in [2.75, 3.05) is 12.4 Å². The molecule has 0 aliphatic carbocycles. The monoisotopic (exact) mass is 386 g/mol. The van der Waals surface area contributed by atoms with Gasteiger partial charge in [-0.15, -0.1) is 11.3 Å². The van der Waals surface area contributed by atoms with Crippen molar-refractivity contribution in [2.45, 2.75) is 20.0 Å². The molecule has 5 nitrogen and oxygen atoms in total. The molecular formula is C20H19FN2O3S. The number of halogens is 1. The molecule has 0 radical (unpaired) electrons. The number of anilines is 1. The van der Waals surface area contributed by atoms with Crippen molar-refractivity contribution >= 4 is 22.4 Å². The highest BCUT2D eigenvalue weighted by atomic mass is 32.1. The number of thiazole rings is 1. The maximum Gasteiger partial charge on any atom is 0.257 e. The quantitative estimate of drug-likeness (QED) is 0.648. The zero-order valence-corrected chi connectivity index (χ0v) is 16.0. The van der Waals surface area contributed by atoms with Crippen molar-refractivity contribution in [1.82, 2.24) is 4.98 Å². The lowest BCUT2D eigenvalue weighted by atomic mass is 10.1. The highest BCUT2D eigenvalue weighted by Gasteiger charge is 2.12. The van der Waals surface area contributed by atoms with Crippen LogP contribution >= 0.6 is 11.3 Å². The van der Waals surface area contributed by atoms with Gasteiger partial charge in [0.05, 0.1) is 18.9 Å². The molecule has 0 spiro atoms. The van der Waals surface area contributed by atoms with Crippen LogP contribution in [-0.4, -0.2) is 24.1 Å². The smallest absolute Gasteiger partial charge is 0.257 e. The summed E-state index contributed by atoms with van der Waals surface area (Å²) in [5, 5.41) is 4.95. The molecule has 7 heteroatoms. The zero-order chi connectivity index (χ0) is 19.4. The van der Waals surface area contributed by atoms with Crippen molar-refractivity contribution in [3.05, 3.63) is 59.2 Å². The first-order chi connectivity index (χ1) is 13.0. The lowest BCUT2D eigenvalue weighted by molar-refractivity contribution is 0.102. The lowest BCUT2D eigenvalue weighted by Gasteiger charge is -2.09. The summed E-state index contributed by atoms with van der Waals surface area (Å²) in [5.41, 5.74) is 1.69. The minimum Gasteiger partial charge on any atom is -0.494 e. The van der Waals surface area contributed by atoms with Gasteiger partial charge < -0.3 is 9.47 Å². The predicted molar refractivity (Wildman–Crippen MR) is 104 cm³/mol. The molecule has 0 fully saturated rings. The number of carbonyl (C=O) groups excluding carboxylic acids is 1. The summed E-state index contributed by atoms with van der Waals surface area (Å²) in [5.74, 6) is 0.150. The summed E-state index contributed by atoms with van der Waals surface area (Å²) in [6.45, 7) is 3.88. The Morgan fingerprint density at radius 3 is 2.56 bits per heavy atom. The van der Waals surface area contributed by atoms with E-state index < -0.39 is 5.82 Å². The van der Waals surface area contributed by atoms with E-state index in [0.717, 1.165) is 0 Å². The zero-order valence-electron chi connectivity index (χ0n) is 15.2. The van der Waals surface area contributed by atoms with E-state index in [1.807, 2.05) is 13.8 Å². The second-order valence-corrected chi connectivity index (χ2v) is 6.89. The summed E-state index contributed by atoms with van der Waals surface area (Å²) in [6.07, 6.45) is 0.0706. The summed E-state index contributed by atoms with van der Waals surface area (Å²) >= 11 is 1.27. The van der Waals surface area contributed by atoms with Crippen LogP contribution in [0.4, 0.5) is 9.52 Å². The van der Waals surface area contributed by atoms with Gasteiger partial charge in [0.15, 0.2) is 16.7 Å². The third kappa shape index (κ3) is 4.62. The van der Waals surface area contributed by atoms with Crippen LogP contribution in [0, 0.1) is 5.82 Å². The van der Waals surface area contributed by atoms with Gasteiger partial charge in [0, 0.05) is 16.5 Å². The Morgan fingerprint density at radius 1 is 1.19 bits per heavy atom. The van der Waals surface area contributed by atoms with Gasteiger partial charge in [0.2, 0.25) is 0 Å². The molecule has 140 valence electrons. The number of hydrogen-bond acceptors (Lipinski definition) is 5. The average molecular weight is 386 g/mol. The van der Waals surface area contributed by atoms with Crippen LogP contribution in [0.2, 0.25) is 0 Å². The molecule has 0 atom stereocenters. The first-order valence-electron chi connectivity index (χ1n) is 8.34. The largest absolute Gasteiger partial charge is 0.494 e. The minimum atomic E-state index is -0.461. The molecule has 1 amide bonds. The first kappa shape index (κ1) is 18.8. The number of ether oxygens (including phenoxy) is 2. The summed E-state index contributed by atoms with van der Waals surface area (Å²) in [6, 6.07) is 11.5. The van der Waals surface area contributed by atoms with E-state index in [9.17, 15) is 9.18 Å². The van der Waals surface area contributed by atoms with Gasteiger partial charge in [-0.05, 0) is 56.3 Å². The topological polar surface area (TPSA) is 60.5 Å². The summed E-state index contributed by atoms with van der Waals surface area (Å²) < 4.78 is 24.3. The second kappa shape index (κ2) is 8.18. The second-order valence-electron chi connectivity index (χ2n) is 6.03. The number of amides is 1. The normalized spacial score (nSPS) is 10.7. The van der Waals surface area contributed by atoms with Crippen LogP contribution in [0.25, 0.3) is 11.3 Å². The van der Waals surface area contributed by atoms with E-state index in [1.165, 1.54) is 24.5 Å². The molecule has 3 rings (SSSR count). The van der Waals surface area contributed by atoms with E-state index in [1.54, 1.807) is 41.8 Å². The Morgan fingerprint density at radius 2 is 1.93 bits per heavy atom. The highest BCUT2D eigenvalue weighted by molar-refractivity contribution is 7.14. The Bertz CT molecular complexity index is 939. The van der Waals surface area contributed by atoms with E-state index in [2.05, 4.69) is 10.3 Å². The number of methoxy groups -OCH3 is 1. The van der Waals surface area contributed by atoms with E-state index in [4.69, 9.17) is 9.47 Å². The number of carbonyl (C=O) groups is 1. The van der Waals surface area contributed by atoms with Gasteiger partial charge in [-0.2, -0.15) is 0 Å². The average Bonchev–Trinajstić information content (AvgIpc) is 3.10. The molecule has 0 unspecified atom stereocenters. The Hall–Kier alpha value is -2.93. The number of nitrogens with zero attached hydrogens (tertiary/aromatic N) is 1. The standard InChI is InChI=1S/C20H19FN2O3S/c1-12(2)26-15-7-4-13(5-8-15)19(24)23-20-22-17(11-27-20)14-6-9-18(25-3)16(21)10-14/h4-12H,1-3H3,(H,22,23,24). The van der Waals surface area contributed by atoms with Crippen LogP contribution in [0.5, 0.6) is 11.5 Å². The molecular weight excluding hydrogens is 367 g/mol. The number of aromatic nitrogens is 1. The Balaban J connectivity index is 1.70. The molecule has 0 bridgehead atoms. The maximum absolute atomic E-state index is 13.9. The number of hydrogen-bond donors (Lipinski definition) is 1. The first-order valence-corrected chi connectivity index (χ1v) is 9.21. The molecule has 1 aromatic heterocycles. The van der Waals surface area contributed by atoms with Gasteiger partial charge in [-0.1, -0.05) is 0 Å². The Kier molecular flexibility index (Phi) is 5.71. The fourth-order valence-electron chi connectivity index (χ4n) is 2.42. The molecule has 0 aliphatic rings. The van der Waals surface area contributed by atoms with Gasteiger partial charge in [0.1, 0.15) is 5.75 Å². The maximum atomic E-state index is 13.9. The molecule has 27 heavy (non-hydrogen) atoms.